The highest BCUT2D eigenvalue weighted by Crippen LogP contribution is 2.28. The lowest BCUT2D eigenvalue weighted by molar-refractivity contribution is 0.471. The summed E-state index contributed by atoms with van der Waals surface area (Å²) < 4.78 is 15.3. The highest BCUT2D eigenvalue weighted by atomic mass is 32.2. The zero-order chi connectivity index (χ0) is 13.9. The van der Waals surface area contributed by atoms with Crippen LogP contribution >= 0.6 is 11.8 Å². The van der Waals surface area contributed by atoms with Gasteiger partial charge in [-0.15, -0.1) is 11.8 Å². The van der Waals surface area contributed by atoms with Crippen LogP contribution in [0, 0.1) is 17.1 Å². The lowest BCUT2D eigenvalue weighted by Crippen LogP contribution is -2.28. The van der Waals surface area contributed by atoms with Crippen molar-refractivity contribution < 1.29 is 4.39 Å². The van der Waals surface area contributed by atoms with Crippen molar-refractivity contribution in [1.29, 1.82) is 5.26 Å². The van der Waals surface area contributed by atoms with Gasteiger partial charge in [-0.25, -0.2) is 4.39 Å². The van der Waals surface area contributed by atoms with Crippen molar-refractivity contribution >= 4 is 11.8 Å². The number of rotatable bonds is 3. The van der Waals surface area contributed by atoms with Crippen LogP contribution in [0.4, 0.5) is 4.39 Å². The first kappa shape index (κ1) is 13.2. The molecule has 1 aliphatic rings. The lowest BCUT2D eigenvalue weighted by atomic mass is 10.1. The number of hydrogen-bond acceptors (Lipinski definition) is 4. The fourth-order valence-corrected chi connectivity index (χ4v) is 3.24. The predicted octanol–water partition coefficient (Wildman–Crippen LogP) is 2.29. The first-order chi connectivity index (χ1) is 9.78. The molecule has 3 rings (SSSR count). The van der Waals surface area contributed by atoms with E-state index in [4.69, 9.17) is 5.26 Å². The summed E-state index contributed by atoms with van der Waals surface area (Å²) in [5.74, 6) is 0.262. The Labute approximate surface area is 120 Å². The first-order valence-corrected chi connectivity index (χ1v) is 7.33. The van der Waals surface area contributed by atoms with Crippen molar-refractivity contribution in [2.75, 3.05) is 6.54 Å². The Morgan fingerprint density at radius 1 is 1.50 bits per heavy atom. The van der Waals surface area contributed by atoms with E-state index >= 15 is 0 Å². The molecule has 20 heavy (non-hydrogen) atoms. The summed E-state index contributed by atoms with van der Waals surface area (Å²) in [5.41, 5.74) is 2.41. The smallest absolute Gasteiger partial charge is 0.123 e. The maximum absolute atomic E-state index is 13.3. The number of benzene rings is 1. The molecule has 1 aromatic heterocycles. The predicted molar refractivity (Wildman–Crippen MR) is 74.6 cm³/mol. The van der Waals surface area contributed by atoms with Gasteiger partial charge in [0.25, 0.3) is 0 Å². The quantitative estimate of drug-likeness (QED) is 0.880. The number of nitriles is 1. The standard InChI is InChI=1S/C14H13FN4S/c15-12-2-1-10(6-16)11(5-12)9-20-14-8-18-19-4-3-17-7-13(14)19/h1-2,5,8,17H,3-4,7,9H2. The molecule has 1 aliphatic heterocycles. The third-order valence-electron chi connectivity index (χ3n) is 3.27. The fraction of sp³-hybridized carbons (Fsp3) is 0.286. The summed E-state index contributed by atoms with van der Waals surface area (Å²) >= 11 is 1.59. The molecule has 0 atom stereocenters. The molecular weight excluding hydrogens is 275 g/mol. The van der Waals surface area contributed by atoms with E-state index in [1.54, 1.807) is 11.8 Å². The molecule has 0 bridgehead atoms. The summed E-state index contributed by atoms with van der Waals surface area (Å²) in [6.45, 7) is 2.61. The maximum atomic E-state index is 13.3. The average molecular weight is 288 g/mol. The van der Waals surface area contributed by atoms with Crippen LogP contribution in [0.5, 0.6) is 0 Å². The van der Waals surface area contributed by atoms with Gasteiger partial charge in [0.1, 0.15) is 5.82 Å². The van der Waals surface area contributed by atoms with Crippen LogP contribution in [-0.4, -0.2) is 16.3 Å². The molecule has 0 saturated carbocycles. The van der Waals surface area contributed by atoms with Crippen LogP contribution in [0.25, 0.3) is 0 Å². The van der Waals surface area contributed by atoms with Gasteiger partial charge in [0.2, 0.25) is 0 Å². The second kappa shape index (κ2) is 5.65. The minimum atomic E-state index is -0.307. The zero-order valence-electron chi connectivity index (χ0n) is 10.8. The van der Waals surface area contributed by atoms with Crippen LogP contribution in [0.3, 0.4) is 0 Å². The van der Waals surface area contributed by atoms with Crippen LogP contribution in [-0.2, 0) is 18.8 Å². The molecule has 1 N–H and O–H groups in total. The minimum absolute atomic E-state index is 0.307. The second-order valence-electron chi connectivity index (χ2n) is 4.56. The number of nitrogens with one attached hydrogen (secondary N) is 1. The highest BCUT2D eigenvalue weighted by Gasteiger charge is 2.15. The average Bonchev–Trinajstić information content (AvgIpc) is 2.88. The Kier molecular flexibility index (Phi) is 3.72. The van der Waals surface area contributed by atoms with Crippen LogP contribution in [0.15, 0.2) is 29.3 Å². The molecule has 0 fully saturated rings. The monoisotopic (exact) mass is 288 g/mol. The number of halogens is 1. The van der Waals surface area contributed by atoms with Crippen molar-refractivity contribution in [3.8, 4) is 6.07 Å². The van der Waals surface area contributed by atoms with E-state index < -0.39 is 0 Å². The van der Waals surface area contributed by atoms with Crippen LogP contribution < -0.4 is 5.32 Å². The second-order valence-corrected chi connectivity index (χ2v) is 5.57. The molecule has 1 aromatic carbocycles. The molecule has 6 heteroatoms. The topological polar surface area (TPSA) is 53.6 Å². The SMILES string of the molecule is N#Cc1ccc(F)cc1CSc1cnn2c1CNCC2. The first-order valence-electron chi connectivity index (χ1n) is 6.34. The summed E-state index contributed by atoms with van der Waals surface area (Å²) in [4.78, 5) is 1.09. The van der Waals surface area contributed by atoms with Gasteiger partial charge in [-0.3, -0.25) is 4.68 Å². The number of aromatic nitrogens is 2. The Balaban J connectivity index is 1.79. The van der Waals surface area contributed by atoms with E-state index in [0.717, 1.165) is 35.8 Å². The van der Waals surface area contributed by atoms with Crippen molar-refractivity contribution in [2.45, 2.75) is 23.7 Å². The summed E-state index contributed by atoms with van der Waals surface area (Å²) in [7, 11) is 0. The third-order valence-corrected chi connectivity index (χ3v) is 4.38. The van der Waals surface area contributed by atoms with Crippen molar-refractivity contribution in [3.63, 3.8) is 0 Å². The molecule has 102 valence electrons. The van der Waals surface area contributed by atoms with Crippen molar-refractivity contribution in [2.24, 2.45) is 0 Å². The molecule has 0 unspecified atom stereocenters. The summed E-state index contributed by atoms with van der Waals surface area (Å²) in [6, 6.07) is 6.38. The van der Waals surface area contributed by atoms with Gasteiger partial charge in [0, 0.05) is 18.8 Å². The van der Waals surface area contributed by atoms with Crippen molar-refractivity contribution in [1.82, 2.24) is 15.1 Å². The highest BCUT2D eigenvalue weighted by molar-refractivity contribution is 7.98. The van der Waals surface area contributed by atoms with Gasteiger partial charge in [-0.2, -0.15) is 10.4 Å². The van der Waals surface area contributed by atoms with Crippen molar-refractivity contribution in [3.05, 3.63) is 47.0 Å². The van der Waals surface area contributed by atoms with E-state index in [9.17, 15) is 4.39 Å². The van der Waals surface area contributed by atoms with Gasteiger partial charge in [-0.05, 0) is 23.8 Å². The molecule has 0 amide bonds. The molecule has 2 heterocycles. The fourth-order valence-electron chi connectivity index (χ4n) is 2.22. The Morgan fingerprint density at radius 2 is 2.40 bits per heavy atom. The zero-order valence-corrected chi connectivity index (χ0v) is 11.6. The number of nitrogens with zero attached hydrogens (tertiary/aromatic N) is 3. The largest absolute Gasteiger partial charge is 0.309 e. The van der Waals surface area contributed by atoms with Gasteiger partial charge >= 0.3 is 0 Å². The molecular formula is C14H13FN4S. The minimum Gasteiger partial charge on any atom is -0.309 e. The van der Waals surface area contributed by atoms with Gasteiger partial charge in [-0.1, -0.05) is 0 Å². The normalized spacial score (nSPS) is 13.8. The van der Waals surface area contributed by atoms with Crippen LogP contribution in [0.1, 0.15) is 16.8 Å². The van der Waals surface area contributed by atoms with E-state index in [2.05, 4.69) is 16.5 Å². The number of hydrogen-bond donors (Lipinski definition) is 1. The van der Waals surface area contributed by atoms with E-state index in [1.807, 2.05) is 10.9 Å². The summed E-state index contributed by atoms with van der Waals surface area (Å²) in [6.07, 6.45) is 1.85. The van der Waals surface area contributed by atoms with E-state index in [-0.39, 0.29) is 5.82 Å². The molecule has 0 radical (unpaired) electrons. The van der Waals surface area contributed by atoms with Gasteiger partial charge in [0.05, 0.1) is 35.0 Å². The summed E-state index contributed by atoms with van der Waals surface area (Å²) in [5, 5.41) is 16.7. The number of thioether (sulfide) groups is 1. The van der Waals surface area contributed by atoms with E-state index in [1.165, 1.54) is 18.2 Å². The molecule has 0 spiro atoms. The molecule has 2 aromatic rings. The van der Waals surface area contributed by atoms with Gasteiger partial charge < -0.3 is 5.32 Å². The maximum Gasteiger partial charge on any atom is 0.123 e. The number of fused-ring (bicyclic) bond motifs is 1. The van der Waals surface area contributed by atoms with Gasteiger partial charge in [0.15, 0.2) is 0 Å². The van der Waals surface area contributed by atoms with E-state index in [0.29, 0.717) is 11.3 Å². The Bertz CT molecular complexity index is 674. The Hall–Kier alpha value is -1.84. The van der Waals surface area contributed by atoms with Crippen LogP contribution in [0.2, 0.25) is 0 Å². The lowest BCUT2D eigenvalue weighted by Gasteiger charge is -2.16. The molecule has 4 nitrogen and oxygen atoms in total. The third kappa shape index (κ3) is 2.55. The molecule has 0 aliphatic carbocycles. The molecule has 0 saturated heterocycles. The Morgan fingerprint density at radius 3 is 3.25 bits per heavy atom.